The van der Waals surface area contributed by atoms with E-state index < -0.39 is 5.82 Å². The molecule has 3 unspecified atom stereocenters. The maximum atomic E-state index is 13.5. The fraction of sp³-hybridized carbons (Fsp3) is 0.571. The lowest BCUT2D eigenvalue weighted by Crippen LogP contribution is -2.39. The van der Waals surface area contributed by atoms with Gasteiger partial charge in [-0.15, -0.1) is 0 Å². The highest BCUT2D eigenvalue weighted by atomic mass is 35.5. The predicted octanol–water partition coefficient (Wildman–Crippen LogP) is 2.23. The Bertz CT molecular complexity index is 430. The molecule has 1 aromatic carbocycles. The van der Waals surface area contributed by atoms with Gasteiger partial charge in [0.2, 0.25) is 0 Å². The summed E-state index contributed by atoms with van der Waals surface area (Å²) in [5.41, 5.74) is 6.58. The van der Waals surface area contributed by atoms with Gasteiger partial charge in [-0.1, -0.05) is 24.1 Å². The maximum Gasteiger partial charge on any atom is 0.142 e. The van der Waals surface area contributed by atoms with Crippen molar-refractivity contribution in [2.45, 2.75) is 31.3 Å². The largest absolute Gasteiger partial charge is 0.396 e. The highest BCUT2D eigenvalue weighted by molar-refractivity contribution is 6.30. The molecule has 106 valence electrons. The minimum Gasteiger partial charge on any atom is -0.396 e. The van der Waals surface area contributed by atoms with Crippen LogP contribution in [-0.2, 0) is 0 Å². The molecule has 1 aliphatic rings. The second-order valence-corrected chi connectivity index (χ2v) is 5.52. The summed E-state index contributed by atoms with van der Waals surface area (Å²) in [5.74, 6) is -0.157. The van der Waals surface area contributed by atoms with Crippen LogP contribution in [0.5, 0.6) is 0 Å². The summed E-state index contributed by atoms with van der Waals surface area (Å²) in [6.45, 7) is 0.569. The molecule has 3 nitrogen and oxygen atoms in total. The van der Waals surface area contributed by atoms with Crippen molar-refractivity contribution in [1.29, 1.82) is 0 Å². The molecule has 0 spiro atoms. The standard InChI is InChI=1S/C14H20ClFN2O/c15-11-5-4-9(6-12(11)16)14(7-17)18-13-3-1-2-10(13)8-19/h4-6,10,13-14,18-19H,1-3,7-8,17H2. The van der Waals surface area contributed by atoms with Crippen LogP contribution in [0.2, 0.25) is 5.02 Å². The third-order valence-electron chi connectivity index (χ3n) is 3.89. The van der Waals surface area contributed by atoms with E-state index in [1.54, 1.807) is 12.1 Å². The van der Waals surface area contributed by atoms with Gasteiger partial charge in [-0.05, 0) is 36.5 Å². The van der Waals surface area contributed by atoms with Crippen molar-refractivity contribution in [2.75, 3.05) is 13.2 Å². The van der Waals surface area contributed by atoms with Crippen molar-refractivity contribution >= 4 is 11.6 Å². The molecule has 1 aromatic rings. The molecule has 0 radical (unpaired) electrons. The lowest BCUT2D eigenvalue weighted by molar-refractivity contribution is 0.199. The molecule has 1 aliphatic carbocycles. The predicted molar refractivity (Wildman–Crippen MR) is 74.6 cm³/mol. The Labute approximate surface area is 117 Å². The van der Waals surface area contributed by atoms with Gasteiger partial charge in [0.15, 0.2) is 0 Å². The van der Waals surface area contributed by atoms with Crippen molar-refractivity contribution in [2.24, 2.45) is 11.7 Å². The summed E-state index contributed by atoms with van der Waals surface area (Å²) in [5, 5.41) is 12.9. The Balaban J connectivity index is 2.09. The van der Waals surface area contributed by atoms with Crippen LogP contribution >= 0.6 is 11.6 Å². The van der Waals surface area contributed by atoms with E-state index in [0.29, 0.717) is 6.54 Å². The quantitative estimate of drug-likeness (QED) is 0.778. The minimum absolute atomic E-state index is 0.107. The summed E-state index contributed by atoms with van der Waals surface area (Å²) in [4.78, 5) is 0. The fourth-order valence-electron chi connectivity index (χ4n) is 2.76. The number of nitrogens with two attached hydrogens (primary N) is 1. The van der Waals surface area contributed by atoms with Crippen LogP contribution in [0.25, 0.3) is 0 Å². The normalized spacial score (nSPS) is 24.6. The number of hydrogen-bond donors (Lipinski definition) is 3. The first-order valence-electron chi connectivity index (χ1n) is 6.67. The first kappa shape index (κ1) is 14.7. The number of rotatable bonds is 5. The molecule has 1 saturated carbocycles. The highest BCUT2D eigenvalue weighted by Gasteiger charge is 2.28. The summed E-state index contributed by atoms with van der Waals surface area (Å²) < 4.78 is 13.5. The lowest BCUT2D eigenvalue weighted by Gasteiger charge is -2.26. The molecule has 2 rings (SSSR count). The maximum absolute atomic E-state index is 13.5. The first-order chi connectivity index (χ1) is 9.15. The number of aliphatic hydroxyl groups is 1. The van der Waals surface area contributed by atoms with Gasteiger partial charge < -0.3 is 16.2 Å². The summed E-state index contributed by atoms with van der Waals surface area (Å²) in [7, 11) is 0. The van der Waals surface area contributed by atoms with Crippen LogP contribution in [0.4, 0.5) is 4.39 Å². The second-order valence-electron chi connectivity index (χ2n) is 5.11. The van der Waals surface area contributed by atoms with E-state index in [1.165, 1.54) is 6.07 Å². The molecular weight excluding hydrogens is 267 g/mol. The molecule has 0 amide bonds. The van der Waals surface area contributed by atoms with Crippen molar-refractivity contribution in [3.8, 4) is 0 Å². The number of halogens is 2. The zero-order valence-electron chi connectivity index (χ0n) is 10.8. The van der Waals surface area contributed by atoms with Gasteiger partial charge in [0.05, 0.1) is 5.02 Å². The smallest absolute Gasteiger partial charge is 0.142 e. The van der Waals surface area contributed by atoms with Crippen LogP contribution < -0.4 is 11.1 Å². The molecular formula is C14H20ClFN2O. The van der Waals surface area contributed by atoms with Gasteiger partial charge in [-0.2, -0.15) is 0 Å². The van der Waals surface area contributed by atoms with E-state index in [-0.39, 0.29) is 29.6 Å². The Kier molecular flexibility index (Phi) is 5.16. The molecule has 19 heavy (non-hydrogen) atoms. The zero-order valence-corrected chi connectivity index (χ0v) is 11.5. The fourth-order valence-corrected chi connectivity index (χ4v) is 2.88. The third-order valence-corrected chi connectivity index (χ3v) is 4.20. The lowest BCUT2D eigenvalue weighted by atomic mass is 10.0. The van der Waals surface area contributed by atoms with E-state index >= 15 is 0 Å². The van der Waals surface area contributed by atoms with Gasteiger partial charge in [0.1, 0.15) is 5.82 Å². The van der Waals surface area contributed by atoms with Crippen molar-refractivity contribution in [3.05, 3.63) is 34.6 Å². The molecule has 0 aliphatic heterocycles. The van der Waals surface area contributed by atoms with Crippen LogP contribution in [0.1, 0.15) is 30.9 Å². The van der Waals surface area contributed by atoms with Gasteiger partial charge in [0, 0.05) is 25.2 Å². The molecule has 3 atom stereocenters. The summed E-state index contributed by atoms with van der Waals surface area (Å²) in [6.07, 6.45) is 3.16. The van der Waals surface area contributed by atoms with Gasteiger partial charge in [0.25, 0.3) is 0 Å². The molecule has 4 N–H and O–H groups in total. The Morgan fingerprint density at radius 1 is 1.47 bits per heavy atom. The van der Waals surface area contributed by atoms with E-state index in [2.05, 4.69) is 5.32 Å². The van der Waals surface area contributed by atoms with E-state index in [9.17, 15) is 9.50 Å². The summed E-state index contributed by atoms with van der Waals surface area (Å²) >= 11 is 5.68. The van der Waals surface area contributed by atoms with Gasteiger partial charge >= 0.3 is 0 Å². The monoisotopic (exact) mass is 286 g/mol. The molecule has 0 heterocycles. The van der Waals surface area contributed by atoms with E-state index in [1.807, 2.05) is 0 Å². The highest BCUT2D eigenvalue weighted by Crippen LogP contribution is 2.28. The first-order valence-corrected chi connectivity index (χ1v) is 7.05. The summed E-state index contributed by atoms with van der Waals surface area (Å²) in [6, 6.07) is 4.91. The van der Waals surface area contributed by atoms with E-state index in [0.717, 1.165) is 24.8 Å². The average Bonchev–Trinajstić information content (AvgIpc) is 2.86. The van der Waals surface area contributed by atoms with Crippen LogP contribution in [-0.4, -0.2) is 24.3 Å². The SMILES string of the molecule is NCC(NC1CCCC1CO)c1ccc(Cl)c(F)c1. The third kappa shape index (κ3) is 3.45. The van der Waals surface area contributed by atoms with Crippen molar-refractivity contribution in [3.63, 3.8) is 0 Å². The molecule has 0 aromatic heterocycles. The number of hydrogen-bond acceptors (Lipinski definition) is 3. The Hall–Kier alpha value is -0.680. The van der Waals surface area contributed by atoms with Crippen LogP contribution in [0, 0.1) is 11.7 Å². The number of benzene rings is 1. The van der Waals surface area contributed by atoms with Crippen molar-refractivity contribution in [1.82, 2.24) is 5.32 Å². The molecule has 5 heteroatoms. The molecule has 0 saturated heterocycles. The second kappa shape index (κ2) is 6.66. The molecule has 0 bridgehead atoms. The minimum atomic E-state index is -0.426. The van der Waals surface area contributed by atoms with Gasteiger partial charge in [-0.3, -0.25) is 0 Å². The number of aliphatic hydroxyl groups excluding tert-OH is 1. The Morgan fingerprint density at radius 3 is 2.89 bits per heavy atom. The van der Waals surface area contributed by atoms with Crippen LogP contribution in [0.15, 0.2) is 18.2 Å². The van der Waals surface area contributed by atoms with Gasteiger partial charge in [-0.25, -0.2) is 4.39 Å². The molecule has 1 fully saturated rings. The zero-order chi connectivity index (χ0) is 13.8. The Morgan fingerprint density at radius 2 is 2.26 bits per heavy atom. The number of nitrogens with one attached hydrogen (secondary N) is 1. The van der Waals surface area contributed by atoms with E-state index in [4.69, 9.17) is 17.3 Å². The van der Waals surface area contributed by atoms with Crippen LogP contribution in [0.3, 0.4) is 0 Å². The topological polar surface area (TPSA) is 58.3 Å². The average molecular weight is 287 g/mol. The van der Waals surface area contributed by atoms with Crippen molar-refractivity contribution < 1.29 is 9.50 Å².